The minimum Gasteiger partial charge on any atom is -0.399 e. The number of rotatable bonds is 1. The number of benzene rings is 1. The van der Waals surface area contributed by atoms with Crippen LogP contribution in [0.4, 0.5) is 5.69 Å². The van der Waals surface area contributed by atoms with E-state index in [-0.39, 0.29) is 6.10 Å². The second-order valence-electron chi connectivity index (χ2n) is 4.13. The van der Waals surface area contributed by atoms with Crippen molar-refractivity contribution < 1.29 is 4.74 Å². The van der Waals surface area contributed by atoms with Crippen LogP contribution in [0.3, 0.4) is 0 Å². The average Bonchev–Trinajstić information content (AvgIpc) is 2.73. The number of nitrogen functional groups attached to an aromatic ring is 1. The molecule has 3 rings (SSSR count). The molecule has 1 saturated heterocycles. The number of hydrogen-bond acceptors (Lipinski definition) is 4. The number of thiazole rings is 1. The summed E-state index contributed by atoms with van der Waals surface area (Å²) in [6.07, 6.45) is 3.71. The van der Waals surface area contributed by atoms with Crippen LogP contribution in [0.25, 0.3) is 10.2 Å². The number of fused-ring (bicyclic) bond motifs is 1. The molecule has 0 radical (unpaired) electrons. The molecule has 2 N–H and O–H groups in total. The third-order valence-corrected chi connectivity index (χ3v) is 3.99. The van der Waals surface area contributed by atoms with Gasteiger partial charge in [-0.1, -0.05) is 0 Å². The molecular formula is C12H14N2OS. The molecule has 2 aromatic rings. The summed E-state index contributed by atoms with van der Waals surface area (Å²) in [5.41, 5.74) is 7.59. The van der Waals surface area contributed by atoms with Gasteiger partial charge in [0, 0.05) is 12.3 Å². The Hall–Kier alpha value is -1.13. The molecule has 0 spiro atoms. The first-order chi connectivity index (χ1) is 7.83. The molecular weight excluding hydrogens is 220 g/mol. The van der Waals surface area contributed by atoms with Gasteiger partial charge in [-0.15, -0.1) is 11.3 Å². The van der Waals surface area contributed by atoms with Crippen molar-refractivity contribution in [1.82, 2.24) is 4.98 Å². The first-order valence-corrected chi connectivity index (χ1v) is 6.42. The molecule has 0 aliphatic carbocycles. The molecule has 1 aromatic heterocycles. The van der Waals surface area contributed by atoms with Crippen molar-refractivity contribution in [2.24, 2.45) is 0 Å². The largest absolute Gasteiger partial charge is 0.399 e. The van der Waals surface area contributed by atoms with E-state index in [9.17, 15) is 0 Å². The zero-order valence-electron chi connectivity index (χ0n) is 8.98. The van der Waals surface area contributed by atoms with Gasteiger partial charge in [-0.05, 0) is 37.5 Å². The van der Waals surface area contributed by atoms with Crippen LogP contribution in [0.15, 0.2) is 18.2 Å². The van der Waals surface area contributed by atoms with Gasteiger partial charge in [-0.2, -0.15) is 0 Å². The Morgan fingerprint density at radius 2 is 2.31 bits per heavy atom. The molecule has 84 valence electrons. The normalized spacial score (nSPS) is 21.4. The van der Waals surface area contributed by atoms with Gasteiger partial charge in [-0.3, -0.25) is 0 Å². The fraction of sp³-hybridized carbons (Fsp3) is 0.417. The van der Waals surface area contributed by atoms with Gasteiger partial charge >= 0.3 is 0 Å². The first-order valence-electron chi connectivity index (χ1n) is 5.60. The molecule has 0 amide bonds. The van der Waals surface area contributed by atoms with Crippen molar-refractivity contribution in [1.29, 1.82) is 0 Å². The molecule has 4 heteroatoms. The van der Waals surface area contributed by atoms with Gasteiger partial charge in [0.25, 0.3) is 0 Å². The van der Waals surface area contributed by atoms with E-state index in [2.05, 4.69) is 4.98 Å². The van der Waals surface area contributed by atoms with Crippen LogP contribution < -0.4 is 5.73 Å². The van der Waals surface area contributed by atoms with E-state index in [4.69, 9.17) is 10.5 Å². The number of ether oxygens (including phenoxy) is 1. The second kappa shape index (κ2) is 4.03. The molecule has 16 heavy (non-hydrogen) atoms. The minimum absolute atomic E-state index is 0.201. The summed E-state index contributed by atoms with van der Waals surface area (Å²) in [5, 5.41) is 1.10. The quantitative estimate of drug-likeness (QED) is 0.771. The van der Waals surface area contributed by atoms with Crippen molar-refractivity contribution in [3.05, 3.63) is 23.2 Å². The summed E-state index contributed by atoms with van der Waals surface area (Å²) < 4.78 is 6.90. The fourth-order valence-corrected chi connectivity index (χ4v) is 3.13. The van der Waals surface area contributed by atoms with E-state index < -0.39 is 0 Å². The third kappa shape index (κ3) is 1.79. The number of hydrogen-bond donors (Lipinski definition) is 1. The maximum atomic E-state index is 5.76. The molecule has 0 saturated carbocycles. The highest BCUT2D eigenvalue weighted by atomic mass is 32.1. The first kappa shape index (κ1) is 10.1. The Labute approximate surface area is 98.2 Å². The summed E-state index contributed by atoms with van der Waals surface area (Å²) in [4.78, 5) is 4.62. The van der Waals surface area contributed by atoms with Gasteiger partial charge < -0.3 is 10.5 Å². The standard InChI is InChI=1S/C12H14N2OS/c13-8-4-5-9-11(7-8)16-12(14-9)10-3-1-2-6-15-10/h4-5,7,10H,1-3,6,13H2. The average molecular weight is 234 g/mol. The molecule has 1 aromatic carbocycles. The maximum Gasteiger partial charge on any atom is 0.123 e. The van der Waals surface area contributed by atoms with Crippen molar-refractivity contribution in [2.75, 3.05) is 12.3 Å². The Kier molecular flexibility index (Phi) is 2.53. The van der Waals surface area contributed by atoms with E-state index in [1.54, 1.807) is 11.3 Å². The maximum absolute atomic E-state index is 5.76. The second-order valence-corrected chi connectivity index (χ2v) is 5.20. The van der Waals surface area contributed by atoms with E-state index in [0.29, 0.717) is 0 Å². The molecule has 2 heterocycles. The number of nitrogens with two attached hydrogens (primary N) is 1. The predicted octanol–water partition coefficient (Wildman–Crippen LogP) is 3.12. The van der Waals surface area contributed by atoms with Crippen LogP contribution >= 0.6 is 11.3 Å². The highest BCUT2D eigenvalue weighted by Crippen LogP contribution is 2.34. The van der Waals surface area contributed by atoms with Gasteiger partial charge in [-0.25, -0.2) is 4.98 Å². The Morgan fingerprint density at radius 1 is 1.38 bits per heavy atom. The smallest absolute Gasteiger partial charge is 0.123 e. The summed E-state index contributed by atoms with van der Waals surface area (Å²) in [6, 6.07) is 5.86. The SMILES string of the molecule is Nc1ccc2nc(C3CCCCO3)sc2c1. The van der Waals surface area contributed by atoms with E-state index in [1.807, 2.05) is 18.2 Å². The van der Waals surface area contributed by atoms with Gasteiger partial charge in [0.15, 0.2) is 0 Å². The van der Waals surface area contributed by atoms with E-state index in [1.165, 1.54) is 12.8 Å². The van der Waals surface area contributed by atoms with Crippen molar-refractivity contribution in [3.63, 3.8) is 0 Å². The van der Waals surface area contributed by atoms with Crippen LogP contribution in [0.1, 0.15) is 30.4 Å². The molecule has 1 atom stereocenters. The van der Waals surface area contributed by atoms with E-state index >= 15 is 0 Å². The lowest BCUT2D eigenvalue weighted by Crippen LogP contribution is -2.10. The Balaban J connectivity index is 1.97. The molecule has 1 aliphatic rings. The Morgan fingerprint density at radius 3 is 3.12 bits per heavy atom. The minimum atomic E-state index is 0.201. The number of anilines is 1. The molecule has 1 fully saturated rings. The zero-order chi connectivity index (χ0) is 11.0. The van der Waals surface area contributed by atoms with Gasteiger partial charge in [0.1, 0.15) is 11.1 Å². The van der Waals surface area contributed by atoms with Crippen LogP contribution in [0, 0.1) is 0 Å². The van der Waals surface area contributed by atoms with Crippen LogP contribution in [0.2, 0.25) is 0 Å². The van der Waals surface area contributed by atoms with Crippen LogP contribution in [-0.4, -0.2) is 11.6 Å². The molecule has 3 nitrogen and oxygen atoms in total. The summed E-state index contributed by atoms with van der Waals surface area (Å²) >= 11 is 1.70. The number of aromatic nitrogens is 1. The van der Waals surface area contributed by atoms with Crippen LogP contribution in [0.5, 0.6) is 0 Å². The van der Waals surface area contributed by atoms with Gasteiger partial charge in [0.05, 0.1) is 10.2 Å². The highest BCUT2D eigenvalue weighted by Gasteiger charge is 2.19. The monoisotopic (exact) mass is 234 g/mol. The molecule has 1 unspecified atom stereocenters. The Bertz CT molecular complexity index is 503. The zero-order valence-corrected chi connectivity index (χ0v) is 9.80. The van der Waals surface area contributed by atoms with Crippen molar-refractivity contribution in [3.8, 4) is 0 Å². The lowest BCUT2D eigenvalue weighted by Gasteiger charge is -2.20. The number of nitrogens with zero attached hydrogens (tertiary/aromatic N) is 1. The lowest BCUT2D eigenvalue weighted by atomic mass is 10.1. The topological polar surface area (TPSA) is 48.1 Å². The third-order valence-electron chi connectivity index (χ3n) is 2.88. The van der Waals surface area contributed by atoms with E-state index in [0.717, 1.165) is 33.9 Å². The fourth-order valence-electron chi connectivity index (χ4n) is 2.03. The molecule has 1 aliphatic heterocycles. The summed E-state index contributed by atoms with van der Waals surface area (Å²) in [5.74, 6) is 0. The summed E-state index contributed by atoms with van der Waals surface area (Å²) in [6.45, 7) is 0.864. The predicted molar refractivity (Wildman–Crippen MR) is 66.6 cm³/mol. The highest BCUT2D eigenvalue weighted by molar-refractivity contribution is 7.18. The van der Waals surface area contributed by atoms with Crippen molar-refractivity contribution >= 4 is 27.2 Å². The summed E-state index contributed by atoms with van der Waals surface area (Å²) in [7, 11) is 0. The van der Waals surface area contributed by atoms with Crippen molar-refractivity contribution in [2.45, 2.75) is 25.4 Å². The van der Waals surface area contributed by atoms with Crippen LogP contribution in [-0.2, 0) is 4.74 Å². The lowest BCUT2D eigenvalue weighted by molar-refractivity contribution is 0.0149. The van der Waals surface area contributed by atoms with Gasteiger partial charge in [0.2, 0.25) is 0 Å². The molecule has 0 bridgehead atoms.